The molecule has 1 aromatic carbocycles. The van der Waals surface area contributed by atoms with Gasteiger partial charge in [-0.25, -0.2) is 0 Å². The summed E-state index contributed by atoms with van der Waals surface area (Å²) in [6.07, 6.45) is 3.59. The maximum Gasteiger partial charge on any atom is 0.232 e. The topological polar surface area (TPSA) is 32.3 Å². The van der Waals surface area contributed by atoms with Gasteiger partial charge in [-0.05, 0) is 48.9 Å². The van der Waals surface area contributed by atoms with Crippen LogP contribution >= 0.6 is 35.8 Å². The fourth-order valence-corrected chi connectivity index (χ4v) is 4.51. The molecule has 1 amide bonds. The molecule has 6 heteroatoms. The third-order valence-electron chi connectivity index (χ3n) is 4.89. The Morgan fingerprint density at radius 3 is 2.74 bits per heavy atom. The molecule has 0 unspecified atom stereocenters. The summed E-state index contributed by atoms with van der Waals surface area (Å²) in [6, 6.07) is 7.86. The summed E-state index contributed by atoms with van der Waals surface area (Å²) in [6.45, 7) is 4.14. The zero-order valence-corrected chi connectivity index (χ0v) is 15.6. The first-order valence-electron chi connectivity index (χ1n) is 7.98. The molecular weight excluding hydrogens is 351 g/mol. The van der Waals surface area contributed by atoms with Gasteiger partial charge >= 0.3 is 0 Å². The molecule has 1 N–H and O–H groups in total. The largest absolute Gasteiger partial charge is 0.342 e. The van der Waals surface area contributed by atoms with Crippen molar-refractivity contribution in [1.82, 2.24) is 10.2 Å². The SMILES string of the molecule is Cl.O=C(CSCc1cccc(Cl)c1)N1CCC2(CCNC2)CC1. The zero-order valence-electron chi connectivity index (χ0n) is 13.2. The summed E-state index contributed by atoms with van der Waals surface area (Å²) in [5, 5.41) is 4.23. The van der Waals surface area contributed by atoms with E-state index in [1.54, 1.807) is 11.8 Å². The lowest BCUT2D eigenvalue weighted by molar-refractivity contribution is -0.130. The van der Waals surface area contributed by atoms with Crippen LogP contribution in [-0.4, -0.2) is 42.7 Å². The molecule has 0 radical (unpaired) electrons. The van der Waals surface area contributed by atoms with Crippen molar-refractivity contribution in [2.45, 2.75) is 25.0 Å². The van der Waals surface area contributed by atoms with Gasteiger partial charge in [0.15, 0.2) is 0 Å². The molecule has 0 atom stereocenters. The Hall–Kier alpha value is -0.420. The van der Waals surface area contributed by atoms with Crippen LogP contribution in [0.4, 0.5) is 0 Å². The smallest absolute Gasteiger partial charge is 0.232 e. The Morgan fingerprint density at radius 2 is 2.09 bits per heavy atom. The monoisotopic (exact) mass is 374 g/mol. The van der Waals surface area contributed by atoms with Gasteiger partial charge in [0.2, 0.25) is 5.91 Å². The Balaban J connectivity index is 0.00000192. The van der Waals surface area contributed by atoms with E-state index in [-0.39, 0.29) is 18.3 Å². The molecule has 2 heterocycles. The predicted octanol–water partition coefficient (Wildman–Crippen LogP) is 3.60. The minimum atomic E-state index is 0. The fraction of sp³-hybridized carbons (Fsp3) is 0.588. The highest BCUT2D eigenvalue weighted by Crippen LogP contribution is 2.37. The third kappa shape index (κ3) is 5.02. The lowest BCUT2D eigenvalue weighted by Crippen LogP contribution is -2.44. The van der Waals surface area contributed by atoms with Gasteiger partial charge < -0.3 is 10.2 Å². The highest BCUT2D eigenvalue weighted by Gasteiger charge is 2.37. The van der Waals surface area contributed by atoms with E-state index in [1.165, 1.54) is 12.0 Å². The van der Waals surface area contributed by atoms with Crippen molar-refractivity contribution in [3.05, 3.63) is 34.9 Å². The lowest BCUT2D eigenvalue weighted by Gasteiger charge is -2.38. The molecule has 23 heavy (non-hydrogen) atoms. The summed E-state index contributed by atoms with van der Waals surface area (Å²) in [5.74, 6) is 1.69. The van der Waals surface area contributed by atoms with Crippen LogP contribution in [0.25, 0.3) is 0 Å². The second-order valence-corrected chi connectivity index (χ2v) is 7.85. The maximum absolute atomic E-state index is 12.3. The number of carbonyl (C=O) groups excluding carboxylic acids is 1. The lowest BCUT2D eigenvalue weighted by atomic mass is 9.78. The van der Waals surface area contributed by atoms with Crippen LogP contribution < -0.4 is 5.32 Å². The molecule has 0 aliphatic carbocycles. The van der Waals surface area contributed by atoms with Gasteiger partial charge in [0, 0.05) is 30.4 Å². The number of benzene rings is 1. The molecule has 0 saturated carbocycles. The van der Waals surface area contributed by atoms with Gasteiger partial charge in [-0.3, -0.25) is 4.79 Å². The summed E-state index contributed by atoms with van der Waals surface area (Å²) < 4.78 is 0. The molecule has 3 nitrogen and oxygen atoms in total. The van der Waals surface area contributed by atoms with Gasteiger partial charge in [-0.15, -0.1) is 24.2 Å². The summed E-state index contributed by atoms with van der Waals surface area (Å²) >= 11 is 7.66. The molecular formula is C17H24Cl2N2OS. The molecule has 2 aliphatic rings. The van der Waals surface area contributed by atoms with Gasteiger partial charge in [0.1, 0.15) is 0 Å². The van der Waals surface area contributed by atoms with Crippen molar-refractivity contribution in [2.75, 3.05) is 31.9 Å². The first-order chi connectivity index (χ1) is 10.7. The van der Waals surface area contributed by atoms with E-state index in [0.29, 0.717) is 11.2 Å². The van der Waals surface area contributed by atoms with E-state index < -0.39 is 0 Å². The number of rotatable bonds is 4. The van der Waals surface area contributed by atoms with Crippen LogP contribution in [0.15, 0.2) is 24.3 Å². The number of halogens is 2. The Morgan fingerprint density at radius 1 is 1.30 bits per heavy atom. The first kappa shape index (κ1) is 18.9. The van der Waals surface area contributed by atoms with Gasteiger partial charge in [0.05, 0.1) is 5.75 Å². The van der Waals surface area contributed by atoms with Crippen molar-refractivity contribution in [1.29, 1.82) is 0 Å². The summed E-state index contributed by atoms with van der Waals surface area (Å²) in [7, 11) is 0. The Kier molecular flexibility index (Phi) is 7.08. The van der Waals surface area contributed by atoms with Crippen LogP contribution in [0.3, 0.4) is 0 Å². The summed E-state index contributed by atoms with van der Waals surface area (Å²) in [4.78, 5) is 14.4. The van der Waals surface area contributed by atoms with Crippen molar-refractivity contribution < 1.29 is 4.79 Å². The van der Waals surface area contributed by atoms with E-state index >= 15 is 0 Å². The van der Waals surface area contributed by atoms with Crippen LogP contribution in [0, 0.1) is 5.41 Å². The standard InChI is InChI=1S/C17H23ClN2OS.ClH/c18-15-3-1-2-14(10-15)11-22-12-16(21)20-8-5-17(6-9-20)4-7-19-13-17;/h1-3,10,19H,4-9,11-13H2;1H. The number of amides is 1. The normalized spacial score (nSPS) is 19.6. The predicted molar refractivity (Wildman–Crippen MR) is 101 cm³/mol. The molecule has 3 rings (SSSR count). The number of nitrogens with zero attached hydrogens (tertiary/aromatic N) is 1. The number of carbonyl (C=O) groups is 1. The minimum absolute atomic E-state index is 0. The Labute approximate surface area is 153 Å². The molecule has 2 aliphatic heterocycles. The van der Waals surface area contributed by atoms with Crippen LogP contribution in [0.5, 0.6) is 0 Å². The van der Waals surface area contributed by atoms with Crippen LogP contribution in [0.2, 0.25) is 5.02 Å². The van der Waals surface area contributed by atoms with E-state index in [1.807, 2.05) is 18.2 Å². The van der Waals surface area contributed by atoms with Crippen molar-refractivity contribution in [2.24, 2.45) is 5.41 Å². The van der Waals surface area contributed by atoms with E-state index in [2.05, 4.69) is 16.3 Å². The van der Waals surface area contributed by atoms with E-state index in [0.717, 1.165) is 49.8 Å². The highest BCUT2D eigenvalue weighted by molar-refractivity contribution is 7.99. The number of thioether (sulfide) groups is 1. The maximum atomic E-state index is 12.3. The molecule has 0 bridgehead atoms. The quantitative estimate of drug-likeness (QED) is 0.873. The number of hydrogen-bond acceptors (Lipinski definition) is 3. The van der Waals surface area contributed by atoms with Crippen molar-refractivity contribution in [3.63, 3.8) is 0 Å². The average Bonchev–Trinajstić information content (AvgIpc) is 2.96. The van der Waals surface area contributed by atoms with Crippen molar-refractivity contribution >= 4 is 41.7 Å². The molecule has 1 spiro atoms. The Bertz CT molecular complexity index is 525. The average molecular weight is 375 g/mol. The minimum Gasteiger partial charge on any atom is -0.342 e. The number of piperidine rings is 1. The fourth-order valence-electron chi connectivity index (χ4n) is 3.43. The van der Waals surface area contributed by atoms with Crippen LogP contribution in [0.1, 0.15) is 24.8 Å². The van der Waals surface area contributed by atoms with E-state index in [4.69, 9.17) is 11.6 Å². The highest BCUT2D eigenvalue weighted by atomic mass is 35.5. The van der Waals surface area contributed by atoms with Crippen molar-refractivity contribution in [3.8, 4) is 0 Å². The summed E-state index contributed by atoms with van der Waals surface area (Å²) in [5.41, 5.74) is 1.66. The van der Waals surface area contributed by atoms with Gasteiger partial charge in [-0.2, -0.15) is 0 Å². The van der Waals surface area contributed by atoms with Gasteiger partial charge in [0.25, 0.3) is 0 Å². The van der Waals surface area contributed by atoms with Crippen LogP contribution in [-0.2, 0) is 10.5 Å². The molecule has 2 saturated heterocycles. The van der Waals surface area contributed by atoms with E-state index in [9.17, 15) is 4.79 Å². The molecule has 0 aromatic heterocycles. The molecule has 1 aromatic rings. The number of likely N-dealkylation sites (tertiary alicyclic amines) is 1. The second-order valence-electron chi connectivity index (χ2n) is 6.43. The second kappa shape index (κ2) is 8.61. The molecule has 128 valence electrons. The third-order valence-corrected chi connectivity index (χ3v) is 6.12. The molecule has 2 fully saturated rings. The number of hydrogen-bond donors (Lipinski definition) is 1. The van der Waals surface area contributed by atoms with Gasteiger partial charge in [-0.1, -0.05) is 23.7 Å². The number of nitrogens with one attached hydrogen (secondary N) is 1. The zero-order chi connectivity index (χ0) is 15.4. The first-order valence-corrected chi connectivity index (χ1v) is 9.51.